The van der Waals surface area contributed by atoms with Crippen molar-refractivity contribution in [2.45, 2.75) is 88.9 Å². The topological polar surface area (TPSA) is 52.6 Å². The van der Waals surface area contributed by atoms with E-state index >= 15 is 0 Å². The van der Waals surface area contributed by atoms with Crippen molar-refractivity contribution >= 4 is 22.7 Å². The number of methoxy groups -OCH3 is 2. The molecule has 5 aromatic carbocycles. The highest BCUT2D eigenvalue weighted by atomic mass is 16.5. The summed E-state index contributed by atoms with van der Waals surface area (Å²) >= 11 is 0. The van der Waals surface area contributed by atoms with Gasteiger partial charge in [-0.3, -0.25) is 0 Å². The number of hydrogen-bond donors (Lipinski definition) is 0. The smallest absolute Gasteiger partial charge is 0.339 e. The molecule has 254 valence electrons. The van der Waals surface area contributed by atoms with Gasteiger partial charge in [0.2, 0.25) is 0 Å². The minimum absolute atomic E-state index is 0.186. The normalized spacial score (nSPS) is 16.4. The molecule has 0 amide bonds. The van der Waals surface area contributed by atoms with Gasteiger partial charge >= 0.3 is 11.9 Å². The van der Waals surface area contributed by atoms with Crippen LogP contribution in [0.15, 0.2) is 84.9 Å². The maximum atomic E-state index is 14.2. The monoisotopic (exact) mass is 662 g/mol. The van der Waals surface area contributed by atoms with Gasteiger partial charge in [0.15, 0.2) is 0 Å². The van der Waals surface area contributed by atoms with Gasteiger partial charge in [-0.1, -0.05) is 123 Å². The first-order chi connectivity index (χ1) is 24.6. The van der Waals surface area contributed by atoms with Crippen molar-refractivity contribution in [1.82, 2.24) is 0 Å². The summed E-state index contributed by atoms with van der Waals surface area (Å²) in [5.41, 5.74) is 13.1. The number of benzene rings is 5. The first-order valence-corrected chi connectivity index (χ1v) is 18.7. The third-order valence-electron chi connectivity index (χ3n) is 11.9. The molecule has 0 radical (unpaired) electrons. The summed E-state index contributed by atoms with van der Waals surface area (Å²) in [4.78, 5) is 28.3. The Balaban J connectivity index is 1.52. The molecule has 0 atom stereocenters. The molecule has 4 heteroatoms. The molecule has 3 aliphatic rings. The van der Waals surface area contributed by atoms with Crippen LogP contribution in [-0.4, -0.2) is 26.2 Å². The molecular formula is C46H46O4. The number of fused-ring (bicyclic) bond motifs is 3. The maximum Gasteiger partial charge on any atom is 0.339 e. The van der Waals surface area contributed by atoms with Crippen LogP contribution in [0.5, 0.6) is 0 Å². The fraction of sp³-hybridized carbons (Fsp3) is 0.348. The fourth-order valence-corrected chi connectivity index (χ4v) is 9.77. The molecule has 0 heterocycles. The molecule has 0 saturated heterocycles. The van der Waals surface area contributed by atoms with Gasteiger partial charge < -0.3 is 9.47 Å². The third-order valence-corrected chi connectivity index (χ3v) is 11.9. The van der Waals surface area contributed by atoms with Crippen LogP contribution in [0.2, 0.25) is 0 Å². The van der Waals surface area contributed by atoms with E-state index in [1.807, 2.05) is 0 Å². The summed E-state index contributed by atoms with van der Waals surface area (Å²) < 4.78 is 11.2. The summed E-state index contributed by atoms with van der Waals surface area (Å²) in [5.74, 6) is -0.454. The molecule has 2 fully saturated rings. The van der Waals surface area contributed by atoms with Crippen LogP contribution in [0.4, 0.5) is 0 Å². The summed E-state index contributed by atoms with van der Waals surface area (Å²) in [5, 5.41) is 2.48. The molecule has 4 nitrogen and oxygen atoms in total. The summed E-state index contributed by atoms with van der Waals surface area (Å²) in [6.45, 7) is 0. The summed E-state index contributed by atoms with van der Waals surface area (Å²) in [6.07, 6.45) is 12.3. The molecule has 2 saturated carbocycles. The Bertz CT molecular complexity index is 1920. The molecule has 0 aromatic heterocycles. The maximum absolute atomic E-state index is 14.2. The van der Waals surface area contributed by atoms with Crippen molar-refractivity contribution in [2.24, 2.45) is 0 Å². The fourth-order valence-electron chi connectivity index (χ4n) is 9.77. The van der Waals surface area contributed by atoms with Crippen molar-refractivity contribution in [1.29, 1.82) is 0 Å². The van der Waals surface area contributed by atoms with E-state index in [0.717, 1.165) is 62.5 Å². The second kappa shape index (κ2) is 13.9. The lowest BCUT2D eigenvalue weighted by Crippen LogP contribution is -2.28. The highest BCUT2D eigenvalue weighted by molar-refractivity contribution is 6.10. The Morgan fingerprint density at radius 3 is 1.20 bits per heavy atom. The van der Waals surface area contributed by atoms with Crippen molar-refractivity contribution in [3.05, 3.63) is 129 Å². The lowest BCUT2D eigenvalue weighted by molar-refractivity contribution is 0.0551. The molecule has 0 bridgehead atoms. The number of ether oxygens (including phenoxy) is 2. The molecule has 50 heavy (non-hydrogen) atoms. The Hall–Kier alpha value is -4.70. The van der Waals surface area contributed by atoms with E-state index in [9.17, 15) is 9.59 Å². The van der Waals surface area contributed by atoms with E-state index in [-0.39, 0.29) is 11.8 Å². The second-order valence-electron chi connectivity index (χ2n) is 14.5. The van der Waals surface area contributed by atoms with Crippen LogP contribution < -0.4 is 0 Å². The predicted molar refractivity (Wildman–Crippen MR) is 201 cm³/mol. The zero-order chi connectivity index (χ0) is 34.2. The van der Waals surface area contributed by atoms with Gasteiger partial charge in [-0.05, 0) is 117 Å². The predicted octanol–water partition coefficient (Wildman–Crippen LogP) is 11.3. The molecule has 0 aliphatic heterocycles. The molecule has 8 rings (SSSR count). The number of carbonyl (C=O) groups excluding carboxylic acids is 2. The average Bonchev–Trinajstić information content (AvgIpc) is 3.19. The van der Waals surface area contributed by atoms with Gasteiger partial charge in [-0.25, -0.2) is 9.59 Å². The van der Waals surface area contributed by atoms with E-state index in [1.165, 1.54) is 82.3 Å². The second-order valence-corrected chi connectivity index (χ2v) is 14.5. The van der Waals surface area contributed by atoms with Crippen LogP contribution in [0.3, 0.4) is 0 Å². The number of hydrogen-bond acceptors (Lipinski definition) is 4. The minimum atomic E-state index is -0.414. The van der Waals surface area contributed by atoms with Crippen molar-refractivity contribution in [3.63, 3.8) is 0 Å². The van der Waals surface area contributed by atoms with Crippen LogP contribution in [0.25, 0.3) is 33.0 Å². The molecule has 3 aliphatic carbocycles. The summed E-state index contributed by atoms with van der Waals surface area (Å²) in [7, 11) is 2.91. The van der Waals surface area contributed by atoms with E-state index in [2.05, 4.69) is 84.9 Å². The molecule has 0 N–H and O–H groups in total. The Morgan fingerprint density at radius 1 is 0.480 bits per heavy atom. The van der Waals surface area contributed by atoms with Gasteiger partial charge in [0.25, 0.3) is 0 Å². The quantitative estimate of drug-likeness (QED) is 0.167. The van der Waals surface area contributed by atoms with Crippen molar-refractivity contribution in [2.75, 3.05) is 14.2 Å². The molecule has 0 unspecified atom stereocenters. The number of carbonyl (C=O) groups is 2. The van der Waals surface area contributed by atoms with Crippen molar-refractivity contribution < 1.29 is 19.1 Å². The van der Waals surface area contributed by atoms with Crippen LogP contribution in [0.1, 0.15) is 130 Å². The Labute approximate surface area is 295 Å². The first-order valence-electron chi connectivity index (χ1n) is 18.7. The standard InChI is InChI=1S/C46H46O4/c1-49-45(47)43-41(31-21-11-5-12-22-31)37-27-35-36(28-38(37)42(44(43)46(48)50-2)32-23-13-6-14-24-32)40(30-19-9-4-10-20-30)34-26-16-15-25-33(34)39(35)29-17-7-3-8-18-29/h3-4,7-10,15-20,25-26,31-32H,5-6,11-14,21-24,27-28H2,1-2H3. The SMILES string of the molecule is COC(=O)c1c(C(=O)OC)c(C2CCCCC2)c2c(c1C1CCCCC1)Cc1c(c(-c3ccccc3)c3ccccc3c1-c1ccccc1)C2. The molecule has 5 aromatic rings. The van der Waals surface area contributed by atoms with Crippen LogP contribution >= 0.6 is 0 Å². The van der Waals surface area contributed by atoms with Crippen LogP contribution in [0, 0.1) is 0 Å². The Kier molecular flexibility index (Phi) is 9.04. The minimum Gasteiger partial charge on any atom is -0.465 e. The number of esters is 2. The van der Waals surface area contributed by atoms with E-state index in [0.29, 0.717) is 24.0 Å². The zero-order valence-corrected chi connectivity index (χ0v) is 29.4. The van der Waals surface area contributed by atoms with E-state index < -0.39 is 11.9 Å². The van der Waals surface area contributed by atoms with Gasteiger partial charge in [-0.15, -0.1) is 0 Å². The van der Waals surface area contributed by atoms with E-state index in [1.54, 1.807) is 0 Å². The molecule has 0 spiro atoms. The zero-order valence-electron chi connectivity index (χ0n) is 29.4. The van der Waals surface area contributed by atoms with Gasteiger partial charge in [0.1, 0.15) is 0 Å². The van der Waals surface area contributed by atoms with Gasteiger partial charge in [0.05, 0.1) is 25.3 Å². The Morgan fingerprint density at radius 2 is 0.840 bits per heavy atom. The molecular weight excluding hydrogens is 617 g/mol. The lowest BCUT2D eigenvalue weighted by Gasteiger charge is -2.37. The van der Waals surface area contributed by atoms with E-state index in [4.69, 9.17) is 9.47 Å². The van der Waals surface area contributed by atoms with Crippen molar-refractivity contribution in [3.8, 4) is 22.3 Å². The first kappa shape index (κ1) is 32.5. The van der Waals surface area contributed by atoms with Gasteiger partial charge in [-0.2, -0.15) is 0 Å². The summed E-state index contributed by atoms with van der Waals surface area (Å²) in [6, 6.07) is 30.5. The lowest BCUT2D eigenvalue weighted by atomic mass is 9.66. The average molecular weight is 663 g/mol. The number of rotatable bonds is 6. The van der Waals surface area contributed by atoms with Gasteiger partial charge in [0, 0.05) is 0 Å². The highest BCUT2D eigenvalue weighted by Gasteiger charge is 2.40. The largest absolute Gasteiger partial charge is 0.465 e. The third kappa shape index (κ3) is 5.54. The van der Waals surface area contributed by atoms with Crippen LogP contribution in [-0.2, 0) is 22.3 Å². The highest BCUT2D eigenvalue weighted by Crippen LogP contribution is 2.52.